The van der Waals surface area contributed by atoms with Gasteiger partial charge in [0.1, 0.15) is 0 Å². The Morgan fingerprint density at radius 1 is 1.23 bits per heavy atom. The third-order valence-corrected chi connectivity index (χ3v) is 4.76. The first-order valence-electron chi connectivity index (χ1n) is 5.41. The van der Waals surface area contributed by atoms with Crippen molar-refractivity contribution in [2.45, 2.75) is 46.5 Å². The lowest BCUT2D eigenvalue weighted by atomic mass is 9.72. The molecule has 1 heterocycles. The van der Waals surface area contributed by atoms with Crippen LogP contribution in [-0.2, 0) is 0 Å². The van der Waals surface area contributed by atoms with Crippen LogP contribution >= 0.6 is 11.8 Å². The molecule has 0 amide bonds. The van der Waals surface area contributed by atoms with Crippen LogP contribution in [-0.4, -0.2) is 5.75 Å². The summed E-state index contributed by atoms with van der Waals surface area (Å²) in [6.45, 7) is 7.18. The molecule has 0 aromatic carbocycles. The number of allylic oxidation sites excluding steroid dienone is 2. The van der Waals surface area contributed by atoms with Crippen molar-refractivity contribution in [3.05, 3.63) is 10.5 Å². The normalized spacial score (nSPS) is 29.3. The first kappa shape index (κ1) is 9.64. The van der Waals surface area contributed by atoms with Crippen molar-refractivity contribution in [3.8, 4) is 0 Å². The lowest BCUT2D eigenvalue weighted by Crippen LogP contribution is -2.23. The van der Waals surface area contributed by atoms with Crippen molar-refractivity contribution in [3.63, 3.8) is 0 Å². The van der Waals surface area contributed by atoms with Gasteiger partial charge in [-0.2, -0.15) is 0 Å². The van der Waals surface area contributed by atoms with Crippen LogP contribution in [0, 0.1) is 11.3 Å². The summed E-state index contributed by atoms with van der Waals surface area (Å²) in [7, 11) is 0. The fourth-order valence-electron chi connectivity index (χ4n) is 2.45. The van der Waals surface area contributed by atoms with Crippen molar-refractivity contribution in [2.24, 2.45) is 11.3 Å². The molecule has 0 fully saturated rings. The molecule has 1 aliphatic heterocycles. The maximum Gasteiger partial charge on any atom is 0.00144 e. The number of thioether (sulfide) groups is 1. The van der Waals surface area contributed by atoms with Crippen LogP contribution < -0.4 is 0 Å². The standard InChI is InChI=1S/C12H20S/c1-12(2,3)10-4-5-11-9(8-10)6-7-13-11/h10H,4-8H2,1-3H3. The predicted molar refractivity (Wildman–Crippen MR) is 60.9 cm³/mol. The van der Waals surface area contributed by atoms with Gasteiger partial charge in [0.05, 0.1) is 0 Å². The average molecular weight is 196 g/mol. The Morgan fingerprint density at radius 3 is 2.69 bits per heavy atom. The zero-order chi connectivity index (χ0) is 9.47. The summed E-state index contributed by atoms with van der Waals surface area (Å²) in [6, 6.07) is 0. The zero-order valence-corrected chi connectivity index (χ0v) is 9.84. The Morgan fingerprint density at radius 2 is 2.00 bits per heavy atom. The summed E-state index contributed by atoms with van der Waals surface area (Å²) < 4.78 is 0. The van der Waals surface area contributed by atoms with E-state index in [0.717, 1.165) is 5.92 Å². The highest BCUT2D eigenvalue weighted by atomic mass is 32.2. The van der Waals surface area contributed by atoms with Crippen molar-refractivity contribution < 1.29 is 0 Å². The van der Waals surface area contributed by atoms with Gasteiger partial charge in [-0.15, -0.1) is 11.8 Å². The minimum Gasteiger partial charge on any atom is -0.130 e. The van der Waals surface area contributed by atoms with Crippen LogP contribution in [0.15, 0.2) is 10.5 Å². The summed E-state index contributed by atoms with van der Waals surface area (Å²) in [5.74, 6) is 2.30. The smallest absolute Gasteiger partial charge is 0.00144 e. The van der Waals surface area contributed by atoms with Gasteiger partial charge in [-0.05, 0) is 41.9 Å². The second-order valence-electron chi connectivity index (χ2n) is 5.43. The summed E-state index contributed by atoms with van der Waals surface area (Å²) >= 11 is 2.12. The van der Waals surface area contributed by atoms with Crippen LogP contribution in [0.1, 0.15) is 46.5 Å². The molecule has 1 atom stereocenters. The molecule has 0 saturated heterocycles. The van der Waals surface area contributed by atoms with Gasteiger partial charge in [-0.1, -0.05) is 26.3 Å². The quantitative estimate of drug-likeness (QED) is 0.559. The molecular weight excluding hydrogens is 176 g/mol. The summed E-state index contributed by atoms with van der Waals surface area (Å²) in [5, 5.41) is 0. The third kappa shape index (κ3) is 1.96. The predicted octanol–water partition coefficient (Wildman–Crippen LogP) is 4.22. The van der Waals surface area contributed by atoms with E-state index in [2.05, 4.69) is 32.5 Å². The molecule has 1 heteroatoms. The topological polar surface area (TPSA) is 0 Å². The SMILES string of the molecule is CC(C)(C)C1CCC2=C(CCS2)C1. The van der Waals surface area contributed by atoms with E-state index in [0.29, 0.717) is 5.41 Å². The molecule has 0 aromatic rings. The first-order chi connectivity index (χ1) is 6.07. The van der Waals surface area contributed by atoms with E-state index >= 15 is 0 Å². The molecule has 0 radical (unpaired) electrons. The Hall–Kier alpha value is 0.0900. The largest absolute Gasteiger partial charge is 0.130 e. The zero-order valence-electron chi connectivity index (χ0n) is 9.02. The molecule has 2 aliphatic rings. The van der Waals surface area contributed by atoms with Crippen LogP contribution in [0.5, 0.6) is 0 Å². The lowest BCUT2D eigenvalue weighted by molar-refractivity contribution is 0.217. The van der Waals surface area contributed by atoms with Gasteiger partial charge in [-0.25, -0.2) is 0 Å². The van der Waals surface area contributed by atoms with Crippen LogP contribution in [0.25, 0.3) is 0 Å². The molecule has 1 unspecified atom stereocenters. The monoisotopic (exact) mass is 196 g/mol. The molecule has 0 nitrogen and oxygen atoms in total. The molecule has 0 spiro atoms. The van der Waals surface area contributed by atoms with E-state index in [1.165, 1.54) is 31.4 Å². The second-order valence-corrected chi connectivity index (χ2v) is 6.62. The van der Waals surface area contributed by atoms with Crippen molar-refractivity contribution in [1.82, 2.24) is 0 Å². The number of hydrogen-bond acceptors (Lipinski definition) is 1. The summed E-state index contributed by atoms with van der Waals surface area (Å²) in [5.41, 5.74) is 2.32. The fourth-order valence-corrected chi connectivity index (χ4v) is 3.69. The van der Waals surface area contributed by atoms with Gasteiger partial charge in [0.2, 0.25) is 0 Å². The molecule has 0 N–H and O–H groups in total. The molecule has 1 aliphatic carbocycles. The van der Waals surface area contributed by atoms with E-state index in [1.807, 2.05) is 0 Å². The van der Waals surface area contributed by atoms with Gasteiger partial charge in [0.15, 0.2) is 0 Å². The molecule has 13 heavy (non-hydrogen) atoms. The van der Waals surface area contributed by atoms with Crippen LogP contribution in [0.2, 0.25) is 0 Å². The number of hydrogen-bond donors (Lipinski definition) is 0. The van der Waals surface area contributed by atoms with E-state index < -0.39 is 0 Å². The number of rotatable bonds is 0. The van der Waals surface area contributed by atoms with E-state index in [-0.39, 0.29) is 0 Å². The Kier molecular flexibility index (Phi) is 2.48. The fraction of sp³-hybridized carbons (Fsp3) is 0.833. The minimum atomic E-state index is 0.520. The van der Waals surface area contributed by atoms with Gasteiger partial charge >= 0.3 is 0 Å². The highest BCUT2D eigenvalue weighted by Crippen LogP contribution is 2.47. The van der Waals surface area contributed by atoms with Crippen molar-refractivity contribution in [2.75, 3.05) is 5.75 Å². The highest BCUT2D eigenvalue weighted by Gasteiger charge is 2.31. The van der Waals surface area contributed by atoms with Gasteiger partial charge < -0.3 is 0 Å². The average Bonchev–Trinajstić information content (AvgIpc) is 2.47. The Bertz CT molecular complexity index is 232. The van der Waals surface area contributed by atoms with Crippen LogP contribution in [0.4, 0.5) is 0 Å². The maximum absolute atomic E-state index is 2.39. The van der Waals surface area contributed by atoms with Crippen molar-refractivity contribution in [1.29, 1.82) is 0 Å². The third-order valence-electron chi connectivity index (χ3n) is 3.51. The molecular formula is C12H20S. The Labute approximate surface area is 86.2 Å². The Balaban J connectivity index is 2.08. The van der Waals surface area contributed by atoms with E-state index in [1.54, 1.807) is 10.5 Å². The summed E-state index contributed by atoms with van der Waals surface area (Å²) in [4.78, 5) is 1.75. The van der Waals surface area contributed by atoms with Gasteiger partial charge in [0, 0.05) is 5.75 Å². The van der Waals surface area contributed by atoms with Gasteiger partial charge in [0.25, 0.3) is 0 Å². The van der Waals surface area contributed by atoms with Crippen molar-refractivity contribution >= 4 is 11.8 Å². The summed E-state index contributed by atoms with van der Waals surface area (Å²) in [6.07, 6.45) is 5.58. The second kappa shape index (κ2) is 3.34. The van der Waals surface area contributed by atoms with E-state index in [9.17, 15) is 0 Å². The van der Waals surface area contributed by atoms with Gasteiger partial charge in [-0.3, -0.25) is 0 Å². The molecule has 2 rings (SSSR count). The first-order valence-corrected chi connectivity index (χ1v) is 6.39. The highest BCUT2D eigenvalue weighted by molar-refractivity contribution is 8.03. The maximum atomic E-state index is 2.39. The van der Waals surface area contributed by atoms with E-state index in [4.69, 9.17) is 0 Å². The van der Waals surface area contributed by atoms with Crippen LogP contribution in [0.3, 0.4) is 0 Å². The molecule has 0 aromatic heterocycles. The molecule has 0 saturated carbocycles. The molecule has 74 valence electrons. The minimum absolute atomic E-state index is 0.520. The molecule has 0 bridgehead atoms. The lowest BCUT2D eigenvalue weighted by Gasteiger charge is -2.34.